The lowest BCUT2D eigenvalue weighted by Crippen LogP contribution is -2.14. The van der Waals surface area contributed by atoms with Crippen molar-refractivity contribution in [3.8, 4) is 17.1 Å². The van der Waals surface area contributed by atoms with Gasteiger partial charge in [0.2, 0.25) is 0 Å². The van der Waals surface area contributed by atoms with Crippen molar-refractivity contribution in [2.75, 3.05) is 35.6 Å². The molecule has 2 heterocycles. The highest BCUT2D eigenvalue weighted by Gasteiger charge is 2.23. The van der Waals surface area contributed by atoms with Gasteiger partial charge in [0.15, 0.2) is 11.6 Å². The number of benzene rings is 3. The number of para-hydroxylation sites is 1. The Kier molecular flexibility index (Phi) is 8.30. The Bertz CT molecular complexity index is 1800. The Labute approximate surface area is 246 Å². The Morgan fingerprint density at radius 3 is 2.33 bits per heavy atom. The number of sulfonamides is 1. The second-order valence-electron chi connectivity index (χ2n) is 10.0. The summed E-state index contributed by atoms with van der Waals surface area (Å²) in [5.74, 6) is 1.38. The van der Waals surface area contributed by atoms with Gasteiger partial charge in [-0.1, -0.05) is 31.5 Å². The predicted octanol–water partition coefficient (Wildman–Crippen LogP) is 5.99. The van der Waals surface area contributed by atoms with E-state index in [9.17, 15) is 8.42 Å². The Balaban J connectivity index is 1.63. The molecule has 0 unspecified atom stereocenters. The summed E-state index contributed by atoms with van der Waals surface area (Å²) in [6.45, 7) is 4.36. The maximum absolute atomic E-state index is 13.5. The van der Waals surface area contributed by atoms with Crippen molar-refractivity contribution in [2.45, 2.75) is 31.6 Å². The van der Waals surface area contributed by atoms with Gasteiger partial charge in [0, 0.05) is 38.2 Å². The fourth-order valence-corrected chi connectivity index (χ4v) is 5.77. The average Bonchev–Trinajstić information content (AvgIpc) is 3.29. The molecule has 2 aromatic heterocycles. The van der Waals surface area contributed by atoms with Gasteiger partial charge in [-0.25, -0.2) is 18.4 Å². The number of aromatic nitrogens is 4. The molecule has 0 spiro atoms. The molecule has 11 heteroatoms. The minimum absolute atomic E-state index is 0.0684. The minimum Gasteiger partial charge on any atom is -0.493 e. The van der Waals surface area contributed by atoms with E-state index in [4.69, 9.17) is 19.8 Å². The van der Waals surface area contributed by atoms with Crippen LogP contribution in [-0.4, -0.2) is 48.9 Å². The van der Waals surface area contributed by atoms with Crippen LogP contribution in [0.3, 0.4) is 0 Å². The van der Waals surface area contributed by atoms with E-state index < -0.39 is 10.0 Å². The second kappa shape index (κ2) is 12.1. The monoisotopic (exact) mass is 585 g/mol. The van der Waals surface area contributed by atoms with Crippen LogP contribution in [0.2, 0.25) is 0 Å². The van der Waals surface area contributed by atoms with Crippen molar-refractivity contribution < 1.29 is 13.2 Å². The van der Waals surface area contributed by atoms with E-state index in [1.807, 2.05) is 75.4 Å². The smallest absolute Gasteiger partial charge is 0.261 e. The molecule has 5 rings (SSSR count). The largest absolute Gasteiger partial charge is 0.493 e. The topological polar surface area (TPSA) is 114 Å². The number of ether oxygens (including phenoxy) is 1. The van der Waals surface area contributed by atoms with Crippen molar-refractivity contribution in [1.29, 1.82) is 0 Å². The van der Waals surface area contributed by atoms with Crippen molar-refractivity contribution in [3.05, 3.63) is 78.5 Å². The van der Waals surface area contributed by atoms with Gasteiger partial charge in [-0.2, -0.15) is 5.10 Å². The van der Waals surface area contributed by atoms with Crippen LogP contribution in [0.4, 0.5) is 22.9 Å². The molecule has 3 aromatic carbocycles. The number of rotatable bonds is 11. The predicted molar refractivity (Wildman–Crippen MR) is 168 cm³/mol. The maximum Gasteiger partial charge on any atom is 0.261 e. The normalized spacial score (nSPS) is 11.5. The first-order valence-electron chi connectivity index (χ1n) is 13.8. The van der Waals surface area contributed by atoms with Crippen molar-refractivity contribution in [1.82, 2.24) is 19.7 Å². The molecule has 0 saturated carbocycles. The number of hydrogen-bond acceptors (Lipinski definition) is 8. The Morgan fingerprint density at radius 2 is 1.67 bits per heavy atom. The maximum atomic E-state index is 13.5. The van der Waals surface area contributed by atoms with Gasteiger partial charge in [0.25, 0.3) is 10.0 Å². The highest BCUT2D eigenvalue weighted by molar-refractivity contribution is 7.92. The molecule has 0 atom stereocenters. The number of anilines is 4. The second-order valence-corrected chi connectivity index (χ2v) is 11.7. The molecule has 42 heavy (non-hydrogen) atoms. The number of nitrogens with one attached hydrogen (secondary N) is 2. The summed E-state index contributed by atoms with van der Waals surface area (Å²) in [6.07, 6.45) is 1.63. The Hall–Kier alpha value is -4.64. The first-order valence-corrected chi connectivity index (χ1v) is 15.3. The quantitative estimate of drug-likeness (QED) is 0.194. The number of hydrogen-bond donors (Lipinski definition) is 2. The average molecular weight is 586 g/mol. The zero-order chi connectivity index (χ0) is 29.9. The van der Waals surface area contributed by atoms with Crippen LogP contribution in [0.25, 0.3) is 22.4 Å². The summed E-state index contributed by atoms with van der Waals surface area (Å²) < 4.78 is 37.4. The lowest BCUT2D eigenvalue weighted by molar-refractivity contribution is 0.341. The van der Waals surface area contributed by atoms with Crippen LogP contribution in [0, 0.1) is 0 Å². The summed E-state index contributed by atoms with van der Waals surface area (Å²) in [5.41, 5.74) is 5.06. The van der Waals surface area contributed by atoms with Crippen LogP contribution in [-0.2, 0) is 23.5 Å². The van der Waals surface area contributed by atoms with E-state index in [-0.39, 0.29) is 4.90 Å². The van der Waals surface area contributed by atoms with Crippen LogP contribution in [0.5, 0.6) is 5.75 Å². The standard InChI is InChI=1S/C31H35N7O3S/c1-6-11-26-28-29(38(5)35-26)31(32-21-12-9-8-10-13-21)34-30(33-28)25-20-24(18-19-27(25)41-7-2)42(39,40)36-22-14-16-23(17-15-22)37(3)4/h8-10,12-20,36H,6-7,11H2,1-5H3,(H,32,33,34). The first-order chi connectivity index (χ1) is 20.2. The summed E-state index contributed by atoms with van der Waals surface area (Å²) in [7, 11) is 1.80. The van der Waals surface area contributed by atoms with Crippen LogP contribution < -0.4 is 19.7 Å². The van der Waals surface area contributed by atoms with Gasteiger partial charge in [0.1, 0.15) is 16.8 Å². The number of nitrogens with zero attached hydrogens (tertiary/aromatic N) is 5. The number of aryl methyl sites for hydroxylation is 2. The summed E-state index contributed by atoms with van der Waals surface area (Å²) in [5, 5.41) is 8.14. The van der Waals surface area contributed by atoms with Crippen LogP contribution in [0.15, 0.2) is 77.7 Å². The van der Waals surface area contributed by atoms with Gasteiger partial charge < -0.3 is 15.0 Å². The van der Waals surface area contributed by atoms with E-state index in [0.29, 0.717) is 40.8 Å². The van der Waals surface area contributed by atoms with Crippen LogP contribution >= 0.6 is 0 Å². The molecular formula is C31H35N7O3S. The molecule has 0 saturated heterocycles. The van der Waals surface area contributed by atoms with Gasteiger partial charge in [-0.3, -0.25) is 9.40 Å². The molecular weight excluding hydrogens is 550 g/mol. The van der Waals surface area contributed by atoms with Gasteiger partial charge >= 0.3 is 0 Å². The van der Waals surface area contributed by atoms with Gasteiger partial charge in [0.05, 0.1) is 22.8 Å². The van der Waals surface area contributed by atoms with Crippen molar-refractivity contribution >= 4 is 43.9 Å². The molecule has 2 N–H and O–H groups in total. The minimum atomic E-state index is -3.93. The molecule has 0 amide bonds. The first kappa shape index (κ1) is 28.9. The summed E-state index contributed by atoms with van der Waals surface area (Å²) in [6, 6.07) is 21.6. The Morgan fingerprint density at radius 1 is 0.929 bits per heavy atom. The molecule has 5 aromatic rings. The highest BCUT2D eigenvalue weighted by Crippen LogP contribution is 2.35. The molecule has 0 aliphatic carbocycles. The lowest BCUT2D eigenvalue weighted by atomic mass is 10.1. The zero-order valence-electron chi connectivity index (χ0n) is 24.4. The molecule has 0 radical (unpaired) electrons. The highest BCUT2D eigenvalue weighted by atomic mass is 32.2. The van der Waals surface area contributed by atoms with E-state index in [0.717, 1.165) is 35.4 Å². The third-order valence-electron chi connectivity index (χ3n) is 6.71. The van der Waals surface area contributed by atoms with E-state index in [1.165, 1.54) is 6.07 Å². The third kappa shape index (κ3) is 6.01. The molecule has 0 bridgehead atoms. The SMILES string of the molecule is CCCc1nn(C)c2c(Nc3ccccc3)nc(-c3cc(S(=O)(=O)Nc4ccc(N(C)C)cc4)ccc3OCC)nc12. The fourth-order valence-electron chi connectivity index (χ4n) is 4.69. The van der Waals surface area contributed by atoms with Crippen molar-refractivity contribution in [2.24, 2.45) is 7.05 Å². The summed E-state index contributed by atoms with van der Waals surface area (Å²) in [4.78, 5) is 11.8. The van der Waals surface area contributed by atoms with Crippen LogP contribution in [0.1, 0.15) is 26.0 Å². The number of fused-ring (bicyclic) bond motifs is 1. The lowest BCUT2D eigenvalue weighted by Gasteiger charge is -2.15. The summed E-state index contributed by atoms with van der Waals surface area (Å²) >= 11 is 0. The fraction of sp³-hybridized carbons (Fsp3) is 0.258. The van der Waals surface area contributed by atoms with Gasteiger partial charge in [-0.05, 0) is 67.9 Å². The molecule has 0 fully saturated rings. The molecule has 10 nitrogen and oxygen atoms in total. The van der Waals surface area contributed by atoms with E-state index in [1.54, 1.807) is 28.9 Å². The molecule has 218 valence electrons. The molecule has 0 aliphatic rings. The molecule has 0 aliphatic heterocycles. The van der Waals surface area contributed by atoms with E-state index in [2.05, 4.69) is 17.0 Å². The van der Waals surface area contributed by atoms with Gasteiger partial charge in [-0.15, -0.1) is 0 Å². The van der Waals surface area contributed by atoms with Crippen molar-refractivity contribution in [3.63, 3.8) is 0 Å². The zero-order valence-corrected chi connectivity index (χ0v) is 25.2. The van der Waals surface area contributed by atoms with E-state index >= 15 is 0 Å². The third-order valence-corrected chi connectivity index (χ3v) is 8.09.